The van der Waals surface area contributed by atoms with Gasteiger partial charge in [-0.25, -0.2) is 4.98 Å². The monoisotopic (exact) mass is 347 g/mol. The van der Waals surface area contributed by atoms with Gasteiger partial charge in [0.05, 0.1) is 4.47 Å². The zero-order valence-corrected chi connectivity index (χ0v) is 12.4. The van der Waals surface area contributed by atoms with Crippen LogP contribution >= 0.6 is 31.9 Å². The number of anilines is 1. The topological polar surface area (TPSA) is 28.2 Å². The van der Waals surface area contributed by atoms with Crippen molar-refractivity contribution >= 4 is 37.7 Å². The maximum absolute atomic E-state index is 4.50. The Hall–Kier alpha value is -0.130. The van der Waals surface area contributed by atoms with Crippen LogP contribution in [0.25, 0.3) is 0 Å². The van der Waals surface area contributed by atoms with Gasteiger partial charge in [0, 0.05) is 29.8 Å². The summed E-state index contributed by atoms with van der Waals surface area (Å²) in [7, 11) is 2.00. The van der Waals surface area contributed by atoms with E-state index >= 15 is 0 Å². The zero-order chi connectivity index (χ0) is 11.5. The second-order valence-corrected chi connectivity index (χ2v) is 5.78. The number of hydrogen-bond donors (Lipinski definition) is 1. The number of pyridine rings is 1. The Kier molecular flexibility index (Phi) is 4.21. The third-order valence-corrected chi connectivity index (χ3v) is 3.89. The van der Waals surface area contributed by atoms with Gasteiger partial charge in [-0.1, -0.05) is 0 Å². The van der Waals surface area contributed by atoms with E-state index in [4.69, 9.17) is 0 Å². The largest absolute Gasteiger partial charge is 0.351 e. The highest BCUT2D eigenvalue weighted by Gasteiger charge is 2.26. The van der Waals surface area contributed by atoms with E-state index in [1.807, 2.05) is 13.2 Å². The van der Waals surface area contributed by atoms with Crippen LogP contribution < -0.4 is 10.2 Å². The van der Waals surface area contributed by atoms with Crippen molar-refractivity contribution < 1.29 is 0 Å². The van der Waals surface area contributed by atoms with E-state index in [1.54, 1.807) is 0 Å². The summed E-state index contributed by atoms with van der Waals surface area (Å²) in [4.78, 5) is 6.88. The van der Waals surface area contributed by atoms with Crippen molar-refractivity contribution in [3.05, 3.63) is 21.2 Å². The minimum absolute atomic E-state index is 0.565. The molecule has 1 aromatic rings. The molecule has 1 saturated heterocycles. The lowest BCUT2D eigenvalue weighted by molar-refractivity contribution is 0.611. The average molecular weight is 349 g/mol. The van der Waals surface area contributed by atoms with Crippen LogP contribution in [-0.4, -0.2) is 31.2 Å². The number of aromatic nitrogens is 1. The minimum Gasteiger partial charge on any atom is -0.351 e. The van der Waals surface area contributed by atoms with Gasteiger partial charge in [0.15, 0.2) is 0 Å². The van der Waals surface area contributed by atoms with Gasteiger partial charge in [-0.3, -0.25) is 0 Å². The molecular weight excluding hydrogens is 334 g/mol. The zero-order valence-electron chi connectivity index (χ0n) is 9.21. The van der Waals surface area contributed by atoms with Crippen molar-refractivity contribution in [3.63, 3.8) is 0 Å². The lowest BCUT2D eigenvalue weighted by Crippen LogP contribution is -2.37. The van der Waals surface area contributed by atoms with Crippen LogP contribution in [0.1, 0.15) is 12.8 Å². The fourth-order valence-corrected chi connectivity index (χ4v) is 3.40. The van der Waals surface area contributed by atoms with Gasteiger partial charge in [0.2, 0.25) is 0 Å². The lowest BCUT2D eigenvalue weighted by atomic mass is 10.2. The second-order valence-electron chi connectivity index (χ2n) is 4.01. The normalized spacial score (nSPS) is 20.4. The molecule has 88 valence electrons. The quantitative estimate of drug-likeness (QED) is 0.910. The summed E-state index contributed by atoms with van der Waals surface area (Å²) in [6.07, 6.45) is 4.34. The van der Waals surface area contributed by atoms with Crippen molar-refractivity contribution in [3.8, 4) is 0 Å². The molecule has 0 aromatic carbocycles. The summed E-state index contributed by atoms with van der Waals surface area (Å²) in [5, 5.41) is 3.25. The van der Waals surface area contributed by atoms with Gasteiger partial charge >= 0.3 is 0 Å². The number of hydrogen-bond acceptors (Lipinski definition) is 3. The summed E-state index contributed by atoms with van der Waals surface area (Å²) in [6.45, 7) is 2.11. The van der Waals surface area contributed by atoms with Crippen molar-refractivity contribution in [1.29, 1.82) is 0 Å². The molecule has 1 aliphatic rings. The van der Waals surface area contributed by atoms with E-state index < -0.39 is 0 Å². The van der Waals surface area contributed by atoms with Crippen LogP contribution in [0.2, 0.25) is 0 Å². The fourth-order valence-electron chi connectivity index (χ4n) is 2.18. The maximum atomic E-state index is 4.50. The number of rotatable bonds is 3. The van der Waals surface area contributed by atoms with Crippen molar-refractivity contribution in [2.45, 2.75) is 18.9 Å². The van der Waals surface area contributed by atoms with Crippen molar-refractivity contribution in [2.75, 3.05) is 25.0 Å². The summed E-state index contributed by atoms with van der Waals surface area (Å²) in [5.41, 5.74) is 0. The van der Waals surface area contributed by atoms with E-state index in [-0.39, 0.29) is 0 Å². The molecule has 16 heavy (non-hydrogen) atoms. The van der Waals surface area contributed by atoms with Crippen LogP contribution in [0.15, 0.2) is 21.2 Å². The Morgan fingerprint density at radius 2 is 2.38 bits per heavy atom. The molecule has 0 saturated carbocycles. The molecule has 2 rings (SSSR count). The highest BCUT2D eigenvalue weighted by Crippen LogP contribution is 2.31. The predicted molar refractivity (Wildman–Crippen MR) is 73.9 cm³/mol. The standard InChI is InChI=1S/C11H15Br2N3/c1-14-7-9-3-2-4-16(9)11-10(13)5-8(12)6-15-11/h5-6,9,14H,2-4,7H2,1H3. The molecule has 1 atom stereocenters. The fraction of sp³-hybridized carbons (Fsp3) is 0.545. The first-order valence-corrected chi connectivity index (χ1v) is 7.03. The second kappa shape index (κ2) is 5.47. The Bertz CT molecular complexity index is 370. The molecule has 0 radical (unpaired) electrons. The molecule has 1 aromatic heterocycles. The van der Waals surface area contributed by atoms with Gasteiger partial charge in [-0.15, -0.1) is 0 Å². The highest BCUT2D eigenvalue weighted by atomic mass is 79.9. The summed E-state index contributed by atoms with van der Waals surface area (Å²) < 4.78 is 2.07. The molecule has 0 amide bonds. The van der Waals surface area contributed by atoms with Crippen LogP contribution in [0.3, 0.4) is 0 Å². The Balaban J connectivity index is 2.22. The van der Waals surface area contributed by atoms with E-state index in [1.165, 1.54) is 12.8 Å². The number of nitrogens with zero attached hydrogens (tertiary/aromatic N) is 2. The van der Waals surface area contributed by atoms with Crippen LogP contribution in [0, 0.1) is 0 Å². The predicted octanol–water partition coefficient (Wildman–Crippen LogP) is 2.79. The van der Waals surface area contributed by atoms with Gasteiger partial charge < -0.3 is 10.2 Å². The van der Waals surface area contributed by atoms with Gasteiger partial charge in [0.25, 0.3) is 0 Å². The Labute approximate surface area is 113 Å². The van der Waals surface area contributed by atoms with E-state index in [0.717, 1.165) is 27.9 Å². The number of likely N-dealkylation sites (N-methyl/N-ethyl adjacent to an activating group) is 1. The first kappa shape index (κ1) is 12.3. The van der Waals surface area contributed by atoms with Gasteiger partial charge in [-0.2, -0.15) is 0 Å². The molecule has 1 unspecified atom stereocenters. The van der Waals surface area contributed by atoms with Gasteiger partial charge in [0.1, 0.15) is 5.82 Å². The SMILES string of the molecule is CNCC1CCCN1c1ncc(Br)cc1Br. The highest BCUT2D eigenvalue weighted by molar-refractivity contribution is 9.11. The Morgan fingerprint density at radius 1 is 1.56 bits per heavy atom. The third-order valence-electron chi connectivity index (χ3n) is 2.88. The minimum atomic E-state index is 0.565. The van der Waals surface area contributed by atoms with Crippen LogP contribution in [-0.2, 0) is 0 Å². The molecule has 5 heteroatoms. The number of halogens is 2. The molecule has 0 spiro atoms. The molecular formula is C11H15Br2N3. The molecule has 1 N–H and O–H groups in total. The molecule has 1 fully saturated rings. The van der Waals surface area contributed by atoms with Crippen molar-refractivity contribution in [2.24, 2.45) is 0 Å². The molecule has 0 bridgehead atoms. The summed E-state index contributed by atoms with van der Waals surface area (Å²) in [5.74, 6) is 1.06. The van der Waals surface area contributed by atoms with Crippen LogP contribution in [0.5, 0.6) is 0 Å². The first-order chi connectivity index (χ1) is 7.72. The first-order valence-electron chi connectivity index (χ1n) is 5.44. The lowest BCUT2D eigenvalue weighted by Gasteiger charge is -2.26. The Morgan fingerprint density at radius 3 is 3.06 bits per heavy atom. The molecule has 3 nitrogen and oxygen atoms in total. The summed E-state index contributed by atoms with van der Waals surface area (Å²) in [6, 6.07) is 2.62. The average Bonchev–Trinajstić information content (AvgIpc) is 2.67. The molecule has 1 aliphatic heterocycles. The maximum Gasteiger partial charge on any atom is 0.143 e. The molecule has 2 heterocycles. The van der Waals surface area contributed by atoms with E-state index in [9.17, 15) is 0 Å². The van der Waals surface area contributed by atoms with Gasteiger partial charge in [-0.05, 0) is 57.8 Å². The summed E-state index contributed by atoms with van der Waals surface area (Å²) >= 11 is 7.01. The molecule has 0 aliphatic carbocycles. The number of nitrogens with one attached hydrogen (secondary N) is 1. The van der Waals surface area contributed by atoms with Crippen LogP contribution in [0.4, 0.5) is 5.82 Å². The van der Waals surface area contributed by atoms with Crippen molar-refractivity contribution in [1.82, 2.24) is 10.3 Å². The van der Waals surface area contributed by atoms with E-state index in [0.29, 0.717) is 6.04 Å². The smallest absolute Gasteiger partial charge is 0.143 e. The third kappa shape index (κ3) is 2.57. The van der Waals surface area contributed by atoms with E-state index in [2.05, 4.69) is 53.1 Å².